The van der Waals surface area contributed by atoms with Crippen molar-refractivity contribution >= 4 is 46.1 Å². The monoisotopic (exact) mass is 251 g/mol. The Labute approximate surface area is 106 Å². The first kappa shape index (κ1) is 12.3. The van der Waals surface area contributed by atoms with E-state index in [1.54, 1.807) is 24.3 Å². The minimum absolute atomic E-state index is 0.116. The van der Waals surface area contributed by atoms with Crippen molar-refractivity contribution in [1.82, 2.24) is 0 Å². The summed E-state index contributed by atoms with van der Waals surface area (Å²) < 4.78 is 0. The van der Waals surface area contributed by atoms with Crippen LogP contribution in [0.15, 0.2) is 45.3 Å². The number of fused-ring (bicyclic) bond motifs is 1. The molecule has 0 aliphatic rings. The van der Waals surface area contributed by atoms with Crippen molar-refractivity contribution in [2.24, 2.45) is 15.0 Å². The lowest BCUT2D eigenvalue weighted by Crippen LogP contribution is -1.77. The van der Waals surface area contributed by atoms with Crippen LogP contribution in [-0.2, 0) is 14.4 Å². The maximum Gasteiger partial charge on any atom is 0.240 e. The lowest BCUT2D eigenvalue weighted by molar-refractivity contribution is 0.564. The minimum atomic E-state index is 0.116. The van der Waals surface area contributed by atoms with Crippen molar-refractivity contribution < 1.29 is 14.4 Å². The van der Waals surface area contributed by atoms with Gasteiger partial charge in [-0.1, -0.05) is 18.2 Å². The summed E-state index contributed by atoms with van der Waals surface area (Å²) in [4.78, 5) is 41.8. The maximum absolute atomic E-state index is 10.5. The van der Waals surface area contributed by atoms with Crippen LogP contribution in [0, 0.1) is 0 Å². The van der Waals surface area contributed by atoms with Gasteiger partial charge in [0.25, 0.3) is 0 Å². The Kier molecular flexibility index (Phi) is 3.53. The van der Waals surface area contributed by atoms with Crippen molar-refractivity contribution in [2.75, 3.05) is 0 Å². The standard InChI is InChI=1S/C13H5N3O3/c17-6-14-10-3-1-2-9-4-5-11(15-7-18)13(12(9)10)16-8-19/h1-5H. The number of hydrogen-bond acceptors (Lipinski definition) is 6. The van der Waals surface area contributed by atoms with Gasteiger partial charge in [0, 0.05) is 5.39 Å². The molecule has 0 spiro atoms. The number of aliphatic imine (C=N–C) groups is 3. The second kappa shape index (κ2) is 5.45. The summed E-state index contributed by atoms with van der Waals surface area (Å²) in [6.45, 7) is 0. The fourth-order valence-corrected chi connectivity index (χ4v) is 1.77. The maximum atomic E-state index is 10.5. The van der Waals surface area contributed by atoms with Gasteiger partial charge < -0.3 is 0 Å². The fourth-order valence-electron chi connectivity index (χ4n) is 1.77. The van der Waals surface area contributed by atoms with Crippen LogP contribution in [0.25, 0.3) is 10.8 Å². The van der Waals surface area contributed by atoms with Gasteiger partial charge in [0.2, 0.25) is 18.2 Å². The van der Waals surface area contributed by atoms with E-state index in [9.17, 15) is 14.4 Å². The average molecular weight is 251 g/mol. The van der Waals surface area contributed by atoms with E-state index in [-0.39, 0.29) is 17.1 Å². The van der Waals surface area contributed by atoms with Gasteiger partial charge in [-0.15, -0.1) is 0 Å². The minimum Gasteiger partial charge on any atom is -0.211 e. The molecule has 0 bridgehead atoms. The second-order valence-corrected chi connectivity index (χ2v) is 3.42. The van der Waals surface area contributed by atoms with E-state index in [0.29, 0.717) is 10.8 Å². The van der Waals surface area contributed by atoms with Gasteiger partial charge in [-0.3, -0.25) is 0 Å². The summed E-state index contributed by atoms with van der Waals surface area (Å²) in [6, 6.07) is 8.18. The molecule has 0 heterocycles. The van der Waals surface area contributed by atoms with Crippen LogP contribution in [0.3, 0.4) is 0 Å². The van der Waals surface area contributed by atoms with Crippen LogP contribution < -0.4 is 0 Å². The summed E-state index contributed by atoms with van der Waals surface area (Å²) in [5, 5.41) is 1.11. The number of isocyanates is 3. The SMILES string of the molecule is O=C=Nc1ccc2cccc(N=C=O)c2c1N=C=O. The van der Waals surface area contributed by atoms with Gasteiger partial charge in [-0.05, 0) is 17.5 Å². The fraction of sp³-hybridized carbons (Fsp3) is 0. The van der Waals surface area contributed by atoms with Crippen molar-refractivity contribution in [3.63, 3.8) is 0 Å². The first-order valence-corrected chi connectivity index (χ1v) is 5.11. The first-order valence-electron chi connectivity index (χ1n) is 5.11. The predicted octanol–water partition coefficient (Wildman–Crippen LogP) is 2.74. The number of benzene rings is 2. The van der Waals surface area contributed by atoms with E-state index in [2.05, 4.69) is 15.0 Å². The largest absolute Gasteiger partial charge is 0.240 e. The molecule has 0 saturated heterocycles. The zero-order valence-electron chi connectivity index (χ0n) is 9.45. The van der Waals surface area contributed by atoms with Crippen molar-refractivity contribution in [1.29, 1.82) is 0 Å². The molecule has 0 aromatic heterocycles. The lowest BCUT2D eigenvalue weighted by Gasteiger charge is -2.05. The highest BCUT2D eigenvalue weighted by molar-refractivity contribution is 6.06. The molecule has 0 atom stereocenters. The molecule has 2 aromatic carbocycles. The van der Waals surface area contributed by atoms with E-state index in [1.165, 1.54) is 24.3 Å². The third-order valence-electron chi connectivity index (χ3n) is 2.46. The average Bonchev–Trinajstić information content (AvgIpc) is 2.42. The van der Waals surface area contributed by atoms with Crippen LogP contribution in [0.2, 0.25) is 0 Å². The second-order valence-electron chi connectivity index (χ2n) is 3.42. The molecule has 0 radical (unpaired) electrons. The molecule has 90 valence electrons. The molecule has 0 N–H and O–H groups in total. The Morgan fingerprint density at radius 1 is 0.737 bits per heavy atom. The van der Waals surface area contributed by atoms with Gasteiger partial charge in [0.15, 0.2) is 0 Å². The summed E-state index contributed by atoms with van der Waals surface area (Å²) in [5.41, 5.74) is 0.550. The highest BCUT2D eigenvalue weighted by Gasteiger charge is 2.10. The van der Waals surface area contributed by atoms with Gasteiger partial charge in [0.05, 0.1) is 5.69 Å². The van der Waals surface area contributed by atoms with Gasteiger partial charge >= 0.3 is 0 Å². The van der Waals surface area contributed by atoms with E-state index < -0.39 is 0 Å². The van der Waals surface area contributed by atoms with Crippen LogP contribution in [-0.4, -0.2) is 18.2 Å². The van der Waals surface area contributed by atoms with Crippen LogP contribution in [0.1, 0.15) is 0 Å². The number of carbonyl (C=O) groups excluding carboxylic acids is 3. The Hall–Kier alpha value is -3.16. The molecular formula is C13H5N3O3. The van der Waals surface area contributed by atoms with Crippen molar-refractivity contribution in [3.05, 3.63) is 30.3 Å². The van der Waals surface area contributed by atoms with Crippen LogP contribution >= 0.6 is 0 Å². The van der Waals surface area contributed by atoms with E-state index >= 15 is 0 Å². The summed E-state index contributed by atoms with van der Waals surface area (Å²) in [7, 11) is 0. The van der Waals surface area contributed by atoms with Gasteiger partial charge in [-0.2, -0.15) is 15.0 Å². The molecule has 0 fully saturated rings. The molecule has 0 amide bonds. The smallest absolute Gasteiger partial charge is 0.211 e. The third-order valence-corrected chi connectivity index (χ3v) is 2.46. The molecule has 0 aliphatic carbocycles. The van der Waals surface area contributed by atoms with Gasteiger partial charge in [0.1, 0.15) is 11.4 Å². The van der Waals surface area contributed by atoms with Gasteiger partial charge in [-0.25, -0.2) is 14.4 Å². The topological polar surface area (TPSA) is 88.3 Å². The van der Waals surface area contributed by atoms with Crippen molar-refractivity contribution in [2.45, 2.75) is 0 Å². The Morgan fingerprint density at radius 3 is 2.11 bits per heavy atom. The zero-order valence-corrected chi connectivity index (χ0v) is 9.45. The number of nitrogens with zero attached hydrogens (tertiary/aromatic N) is 3. The number of rotatable bonds is 3. The van der Waals surface area contributed by atoms with E-state index in [1.807, 2.05) is 0 Å². The summed E-state index contributed by atoms with van der Waals surface area (Å²) in [6.07, 6.45) is 4.19. The molecule has 0 saturated carbocycles. The summed E-state index contributed by atoms with van der Waals surface area (Å²) in [5.74, 6) is 0. The Balaban J connectivity index is 3.01. The Morgan fingerprint density at radius 2 is 1.42 bits per heavy atom. The van der Waals surface area contributed by atoms with E-state index in [4.69, 9.17) is 0 Å². The molecule has 2 rings (SSSR count). The Bertz CT molecular complexity index is 794. The van der Waals surface area contributed by atoms with Crippen LogP contribution in [0.5, 0.6) is 0 Å². The third kappa shape index (κ3) is 2.27. The molecule has 6 heteroatoms. The highest BCUT2D eigenvalue weighted by Crippen LogP contribution is 2.40. The molecular weight excluding hydrogens is 246 g/mol. The molecule has 19 heavy (non-hydrogen) atoms. The molecule has 2 aromatic rings. The lowest BCUT2D eigenvalue weighted by atomic mass is 10.1. The first-order chi connectivity index (χ1) is 9.31. The zero-order chi connectivity index (χ0) is 13.7. The van der Waals surface area contributed by atoms with Crippen molar-refractivity contribution in [3.8, 4) is 0 Å². The molecule has 0 unspecified atom stereocenters. The highest BCUT2D eigenvalue weighted by atomic mass is 16.1. The molecule has 6 nitrogen and oxygen atoms in total. The summed E-state index contributed by atoms with van der Waals surface area (Å²) >= 11 is 0. The van der Waals surface area contributed by atoms with E-state index in [0.717, 1.165) is 0 Å². The number of hydrogen-bond donors (Lipinski definition) is 0. The normalized spacial score (nSPS) is 9.05. The van der Waals surface area contributed by atoms with Crippen LogP contribution in [0.4, 0.5) is 17.1 Å². The molecule has 0 aliphatic heterocycles. The quantitative estimate of drug-likeness (QED) is 0.620. The predicted molar refractivity (Wildman–Crippen MR) is 67.3 cm³/mol.